The molecule has 0 heterocycles. The zero-order chi connectivity index (χ0) is 27.8. The Kier molecular flexibility index (Phi) is 25.4. The maximum absolute atomic E-state index is 11.9. The van der Waals surface area contributed by atoms with Crippen LogP contribution < -0.4 is 10.6 Å². The molecule has 4 atom stereocenters. The molecule has 0 aromatic heterocycles. The second-order valence-electron chi connectivity index (χ2n) is 10.5. The fourth-order valence-corrected chi connectivity index (χ4v) is 3.77. The zero-order valence-electron chi connectivity index (χ0n) is 24.9. The highest BCUT2D eigenvalue weighted by Gasteiger charge is 2.23. The third-order valence-corrected chi connectivity index (χ3v) is 6.93. The number of likely N-dealkylation sites (N-methyl/N-ethyl adjacent to an activating group) is 1. The number of carbonyl (C=O) groups excluding carboxylic acids is 2. The summed E-state index contributed by atoms with van der Waals surface area (Å²) in [6, 6.07) is 0.458. The molecule has 1 fully saturated rings. The van der Waals surface area contributed by atoms with Crippen molar-refractivity contribution < 1.29 is 14.3 Å². The monoisotopic (exact) mass is 508 g/mol. The minimum atomic E-state index is -0.171. The summed E-state index contributed by atoms with van der Waals surface area (Å²) in [5.41, 5.74) is 1.18. The Bertz CT molecular complexity index is 561. The predicted molar refractivity (Wildman–Crippen MR) is 156 cm³/mol. The molecule has 5 nitrogen and oxygen atoms in total. The summed E-state index contributed by atoms with van der Waals surface area (Å²) in [7, 11) is 1.93. The summed E-state index contributed by atoms with van der Waals surface area (Å²) in [6.07, 6.45) is 16.3. The molecule has 0 aromatic carbocycles. The number of allylic oxidation sites excluding steroid dienone is 1. The van der Waals surface area contributed by atoms with Gasteiger partial charge in [0, 0.05) is 12.5 Å². The van der Waals surface area contributed by atoms with Crippen molar-refractivity contribution in [1.29, 1.82) is 0 Å². The summed E-state index contributed by atoms with van der Waals surface area (Å²) >= 11 is 0. The van der Waals surface area contributed by atoms with Gasteiger partial charge in [0.25, 0.3) is 0 Å². The Morgan fingerprint density at radius 2 is 1.53 bits per heavy atom. The molecule has 0 aliphatic heterocycles. The Morgan fingerprint density at radius 1 is 0.972 bits per heavy atom. The lowest BCUT2D eigenvalue weighted by molar-refractivity contribution is -0.125. The number of carbonyl (C=O) groups is 2. The molecule has 1 saturated carbocycles. The first kappa shape index (κ1) is 36.5. The zero-order valence-corrected chi connectivity index (χ0v) is 24.9. The molecular weight excluding hydrogens is 448 g/mol. The van der Waals surface area contributed by atoms with Gasteiger partial charge in [0.05, 0.1) is 18.7 Å². The summed E-state index contributed by atoms with van der Waals surface area (Å²) in [5, 5.41) is 5.66. The Balaban J connectivity index is 0. The van der Waals surface area contributed by atoms with E-state index >= 15 is 0 Å². The van der Waals surface area contributed by atoms with Crippen LogP contribution in [0.25, 0.3) is 0 Å². The van der Waals surface area contributed by atoms with Crippen LogP contribution in [0.4, 0.5) is 0 Å². The molecule has 1 aliphatic rings. The third kappa shape index (κ3) is 22.8. The fourth-order valence-electron chi connectivity index (χ4n) is 3.77. The van der Waals surface area contributed by atoms with Crippen molar-refractivity contribution in [2.45, 2.75) is 137 Å². The van der Waals surface area contributed by atoms with Crippen LogP contribution in [-0.4, -0.2) is 37.9 Å². The van der Waals surface area contributed by atoms with Crippen molar-refractivity contribution >= 4 is 12.2 Å². The molecule has 212 valence electrons. The quantitative estimate of drug-likeness (QED) is 0.0967. The van der Waals surface area contributed by atoms with Crippen LogP contribution in [0, 0.1) is 11.8 Å². The average Bonchev–Trinajstić information content (AvgIpc) is 2.88. The van der Waals surface area contributed by atoms with Gasteiger partial charge >= 0.3 is 0 Å². The van der Waals surface area contributed by atoms with Crippen LogP contribution >= 0.6 is 0 Å². The van der Waals surface area contributed by atoms with Gasteiger partial charge in [-0.15, -0.1) is 0 Å². The standard InChI is InChI=1S/C19H35NO3.C6H13N.C6H12/c1-6-8-9-10-16(4)18(14-19(22)20-11-12-21)23-17(5)13-15(3)7-2;1-5(2)6(3)7-4;1-2-4-6-5-3-1/h12,15-16,18H,5-11,13-14H2,1-4H3,(H,20,22);6-7H,1H2,2-4H3;1-6H2. The Hall–Kier alpha value is -1.62. The molecule has 0 bridgehead atoms. The molecule has 1 rings (SSSR count). The second-order valence-corrected chi connectivity index (χ2v) is 10.5. The summed E-state index contributed by atoms with van der Waals surface area (Å²) < 4.78 is 6.02. The lowest BCUT2D eigenvalue weighted by Gasteiger charge is -2.26. The largest absolute Gasteiger partial charge is 0.495 e. The predicted octanol–water partition coefficient (Wildman–Crippen LogP) is 7.75. The number of nitrogens with one attached hydrogen (secondary N) is 2. The highest BCUT2D eigenvalue weighted by molar-refractivity contribution is 5.78. The minimum Gasteiger partial charge on any atom is -0.495 e. The van der Waals surface area contributed by atoms with Crippen LogP contribution in [0.3, 0.4) is 0 Å². The van der Waals surface area contributed by atoms with Gasteiger partial charge in [-0.1, -0.05) is 111 Å². The van der Waals surface area contributed by atoms with Crippen LogP contribution in [0.5, 0.6) is 0 Å². The van der Waals surface area contributed by atoms with Gasteiger partial charge in [-0.25, -0.2) is 0 Å². The van der Waals surface area contributed by atoms with E-state index in [1.165, 1.54) is 56.9 Å². The van der Waals surface area contributed by atoms with E-state index in [2.05, 4.69) is 58.4 Å². The van der Waals surface area contributed by atoms with Gasteiger partial charge in [-0.2, -0.15) is 0 Å². The van der Waals surface area contributed by atoms with Crippen molar-refractivity contribution in [2.75, 3.05) is 13.6 Å². The van der Waals surface area contributed by atoms with E-state index in [4.69, 9.17) is 4.74 Å². The average molecular weight is 509 g/mol. The number of unbranched alkanes of at least 4 members (excludes halogenated alkanes) is 2. The molecule has 0 spiro atoms. The van der Waals surface area contributed by atoms with Crippen molar-refractivity contribution in [3.63, 3.8) is 0 Å². The van der Waals surface area contributed by atoms with Gasteiger partial charge in [0.15, 0.2) is 0 Å². The van der Waals surface area contributed by atoms with Gasteiger partial charge < -0.3 is 20.2 Å². The van der Waals surface area contributed by atoms with Gasteiger partial charge in [0.1, 0.15) is 12.4 Å². The van der Waals surface area contributed by atoms with E-state index in [1.807, 2.05) is 14.0 Å². The number of rotatable bonds is 16. The first-order chi connectivity index (χ1) is 17.1. The normalized spacial score (nSPS) is 16.0. The highest BCUT2D eigenvalue weighted by atomic mass is 16.5. The first-order valence-electron chi connectivity index (χ1n) is 14.5. The van der Waals surface area contributed by atoms with Gasteiger partial charge in [0.2, 0.25) is 5.91 Å². The third-order valence-electron chi connectivity index (χ3n) is 6.93. The summed E-state index contributed by atoms with van der Waals surface area (Å²) in [5.74, 6) is 1.44. The van der Waals surface area contributed by atoms with Crippen LogP contribution in [0.1, 0.15) is 125 Å². The topological polar surface area (TPSA) is 67.4 Å². The SMILES string of the molecule is C1CCCCC1.C=C(C)C(C)NC.C=C(CC(C)CC)OC(CC(=O)NCC=O)C(C)CCCCC. The molecule has 2 N–H and O–H groups in total. The lowest BCUT2D eigenvalue weighted by atomic mass is 9.94. The molecule has 5 heteroatoms. The van der Waals surface area contributed by atoms with E-state index in [-0.39, 0.29) is 30.9 Å². The number of hydrogen-bond donors (Lipinski definition) is 2. The van der Waals surface area contributed by atoms with Crippen molar-refractivity contribution in [1.82, 2.24) is 10.6 Å². The van der Waals surface area contributed by atoms with E-state index in [9.17, 15) is 9.59 Å². The number of amides is 1. The van der Waals surface area contributed by atoms with Crippen molar-refractivity contribution in [3.05, 3.63) is 24.5 Å². The maximum Gasteiger partial charge on any atom is 0.224 e. The molecule has 1 amide bonds. The maximum atomic E-state index is 11.9. The molecule has 36 heavy (non-hydrogen) atoms. The van der Waals surface area contributed by atoms with Gasteiger partial charge in [-0.3, -0.25) is 4.79 Å². The molecule has 4 unspecified atom stereocenters. The van der Waals surface area contributed by atoms with Gasteiger partial charge in [-0.05, 0) is 39.2 Å². The minimum absolute atomic E-state index is 0.0591. The second kappa shape index (κ2) is 25.0. The highest BCUT2D eigenvalue weighted by Crippen LogP contribution is 2.24. The fraction of sp³-hybridized carbons (Fsp3) is 0.806. The van der Waals surface area contributed by atoms with E-state index < -0.39 is 0 Å². The molecule has 1 aliphatic carbocycles. The summed E-state index contributed by atoms with van der Waals surface area (Å²) in [4.78, 5) is 22.3. The van der Waals surface area contributed by atoms with Crippen LogP contribution in [0.15, 0.2) is 24.5 Å². The molecular formula is C31H60N2O3. The van der Waals surface area contributed by atoms with E-state index in [0.29, 0.717) is 18.2 Å². The Labute approximate surface area is 224 Å². The number of ether oxygens (including phenoxy) is 1. The first-order valence-corrected chi connectivity index (χ1v) is 14.5. The van der Waals surface area contributed by atoms with E-state index in [0.717, 1.165) is 31.4 Å². The molecule has 0 saturated heterocycles. The summed E-state index contributed by atoms with van der Waals surface area (Å²) in [6.45, 7) is 20.6. The van der Waals surface area contributed by atoms with Crippen molar-refractivity contribution in [2.24, 2.45) is 11.8 Å². The van der Waals surface area contributed by atoms with Crippen molar-refractivity contribution in [3.8, 4) is 0 Å². The molecule has 0 aromatic rings. The Morgan fingerprint density at radius 3 is 1.92 bits per heavy atom. The molecule has 0 radical (unpaired) electrons. The van der Waals surface area contributed by atoms with Crippen LogP contribution in [-0.2, 0) is 14.3 Å². The number of aldehydes is 1. The smallest absolute Gasteiger partial charge is 0.224 e. The van der Waals surface area contributed by atoms with E-state index in [1.54, 1.807) is 0 Å². The lowest BCUT2D eigenvalue weighted by Crippen LogP contribution is -2.33. The number of hydrogen-bond acceptors (Lipinski definition) is 4. The van der Waals surface area contributed by atoms with Crippen LogP contribution in [0.2, 0.25) is 0 Å².